The number of hydrogen-bond donors (Lipinski definition) is 0. The predicted octanol–water partition coefficient (Wildman–Crippen LogP) is 8.27. The zero-order chi connectivity index (χ0) is 21.3. The first-order valence-electron chi connectivity index (χ1n) is 11.8. The van der Waals surface area contributed by atoms with Gasteiger partial charge in [0, 0.05) is 11.8 Å². The Balaban J connectivity index is 1.68. The summed E-state index contributed by atoms with van der Waals surface area (Å²) in [6.45, 7) is 15.1. The van der Waals surface area contributed by atoms with E-state index in [1.54, 1.807) is 32.6 Å². The van der Waals surface area contributed by atoms with Crippen LogP contribution in [0.5, 0.6) is 0 Å². The normalized spacial score (nSPS) is 24.6. The first-order valence-corrected chi connectivity index (χ1v) is 18.8. The third-order valence-corrected chi connectivity index (χ3v) is 12.1. The summed E-state index contributed by atoms with van der Waals surface area (Å²) < 4.78 is 0. The largest absolute Gasteiger partial charge is 0.0780 e. The van der Waals surface area contributed by atoms with Gasteiger partial charge in [0.15, 0.2) is 0 Å². The fraction of sp³-hybridized carbons (Fsp3) is 0.429. The van der Waals surface area contributed by atoms with Gasteiger partial charge in [-0.05, 0) is 40.5 Å². The standard InChI is InChI=1S/C28H36Si2/c1-29(2,3)26-18-24(20-12-7-9-14-22(20)26)28(16-11-17-28)25-19-27(30(4,5)6)23-15-10-8-13-21(23)25/h7-10,12-15,18-19,24-25H,11,16-17H2,1-6H3. The van der Waals surface area contributed by atoms with Gasteiger partial charge in [0.1, 0.15) is 0 Å². The van der Waals surface area contributed by atoms with Crippen molar-refractivity contribution in [2.24, 2.45) is 5.41 Å². The van der Waals surface area contributed by atoms with Crippen LogP contribution in [0.15, 0.2) is 60.7 Å². The predicted molar refractivity (Wildman–Crippen MR) is 137 cm³/mol. The topological polar surface area (TPSA) is 0 Å². The summed E-state index contributed by atoms with van der Waals surface area (Å²) in [5, 5.41) is 3.38. The summed E-state index contributed by atoms with van der Waals surface area (Å²) in [4.78, 5) is 0. The summed E-state index contributed by atoms with van der Waals surface area (Å²) in [6.07, 6.45) is 9.56. The van der Waals surface area contributed by atoms with Crippen LogP contribution in [-0.2, 0) is 0 Å². The molecule has 2 unspecified atom stereocenters. The minimum absolute atomic E-state index is 0.356. The van der Waals surface area contributed by atoms with Crippen molar-refractivity contribution in [1.29, 1.82) is 0 Å². The molecule has 0 aliphatic heterocycles. The van der Waals surface area contributed by atoms with Crippen LogP contribution in [0.2, 0.25) is 39.3 Å². The monoisotopic (exact) mass is 428 g/mol. The van der Waals surface area contributed by atoms with Gasteiger partial charge in [-0.25, -0.2) is 0 Å². The van der Waals surface area contributed by atoms with E-state index in [9.17, 15) is 0 Å². The van der Waals surface area contributed by atoms with E-state index in [1.165, 1.54) is 19.3 Å². The average Bonchev–Trinajstić information content (AvgIpc) is 3.21. The summed E-state index contributed by atoms with van der Waals surface area (Å²) in [6, 6.07) is 18.7. The van der Waals surface area contributed by atoms with Crippen molar-refractivity contribution >= 4 is 26.5 Å². The lowest BCUT2D eigenvalue weighted by Gasteiger charge is -2.51. The van der Waals surface area contributed by atoms with Gasteiger partial charge in [-0.3, -0.25) is 0 Å². The molecule has 1 saturated carbocycles. The molecule has 0 N–H and O–H groups in total. The number of rotatable bonds is 4. The van der Waals surface area contributed by atoms with Crippen molar-refractivity contribution in [3.8, 4) is 0 Å². The van der Waals surface area contributed by atoms with Crippen molar-refractivity contribution in [1.82, 2.24) is 0 Å². The molecule has 156 valence electrons. The van der Waals surface area contributed by atoms with Gasteiger partial charge in [-0.2, -0.15) is 0 Å². The quantitative estimate of drug-likeness (QED) is 0.430. The Hall–Kier alpha value is -1.65. The molecule has 0 nitrogen and oxygen atoms in total. The second-order valence-corrected chi connectivity index (χ2v) is 22.0. The highest BCUT2D eigenvalue weighted by molar-refractivity contribution is 6.94. The molecular formula is C28H36Si2. The van der Waals surface area contributed by atoms with Gasteiger partial charge in [0.25, 0.3) is 0 Å². The van der Waals surface area contributed by atoms with Crippen LogP contribution >= 0.6 is 0 Å². The summed E-state index contributed by atoms with van der Waals surface area (Å²) in [5.41, 5.74) is 6.71. The molecule has 3 aliphatic rings. The maximum atomic E-state index is 2.74. The Morgan fingerprint density at radius 3 is 1.37 bits per heavy atom. The SMILES string of the molecule is C[Si](C)(C)C1=CC(C2(C3C=C([Si](C)(C)C)c4ccccc43)CCC2)c2ccccc21. The van der Waals surface area contributed by atoms with Crippen LogP contribution in [0.25, 0.3) is 10.4 Å². The summed E-state index contributed by atoms with van der Waals surface area (Å²) in [7, 11) is -2.77. The van der Waals surface area contributed by atoms with Crippen LogP contribution in [0.1, 0.15) is 53.4 Å². The minimum atomic E-state index is -1.39. The maximum Gasteiger partial charge on any atom is 0.0780 e. The molecule has 0 spiro atoms. The van der Waals surface area contributed by atoms with Crippen LogP contribution in [-0.4, -0.2) is 16.1 Å². The Labute approximate surface area is 185 Å². The molecule has 0 radical (unpaired) electrons. The maximum absolute atomic E-state index is 2.74. The molecule has 2 atom stereocenters. The highest BCUT2D eigenvalue weighted by atomic mass is 28.3. The van der Waals surface area contributed by atoms with Crippen molar-refractivity contribution in [2.45, 2.75) is 70.4 Å². The lowest BCUT2D eigenvalue weighted by atomic mass is 9.53. The third-order valence-electron chi connectivity index (χ3n) is 7.98. The molecule has 2 aromatic carbocycles. The molecule has 0 amide bonds. The van der Waals surface area contributed by atoms with E-state index in [2.05, 4.69) is 100.0 Å². The van der Waals surface area contributed by atoms with Crippen LogP contribution in [0, 0.1) is 5.41 Å². The molecule has 1 fully saturated rings. The van der Waals surface area contributed by atoms with Gasteiger partial charge >= 0.3 is 0 Å². The molecular weight excluding hydrogens is 392 g/mol. The molecule has 2 aromatic rings. The minimum Gasteiger partial charge on any atom is -0.0765 e. The van der Waals surface area contributed by atoms with E-state index in [4.69, 9.17) is 0 Å². The van der Waals surface area contributed by atoms with Crippen molar-refractivity contribution in [3.05, 3.63) is 82.9 Å². The van der Waals surface area contributed by atoms with Crippen molar-refractivity contribution in [3.63, 3.8) is 0 Å². The van der Waals surface area contributed by atoms with Crippen LogP contribution in [0.3, 0.4) is 0 Å². The number of allylic oxidation sites excluding steroid dienone is 2. The van der Waals surface area contributed by atoms with Gasteiger partial charge in [-0.15, -0.1) is 0 Å². The smallest absolute Gasteiger partial charge is 0.0765 e. The zero-order valence-corrected chi connectivity index (χ0v) is 21.5. The molecule has 0 bridgehead atoms. The zero-order valence-electron chi connectivity index (χ0n) is 19.5. The Morgan fingerprint density at radius 2 is 1.03 bits per heavy atom. The lowest BCUT2D eigenvalue weighted by molar-refractivity contribution is 0.0936. The second-order valence-electron chi connectivity index (χ2n) is 11.9. The van der Waals surface area contributed by atoms with Gasteiger partial charge < -0.3 is 0 Å². The average molecular weight is 429 g/mol. The van der Waals surface area contributed by atoms with Gasteiger partial charge in [-0.1, -0.05) is 117 Å². The Morgan fingerprint density at radius 1 is 0.633 bits per heavy atom. The van der Waals surface area contributed by atoms with Crippen molar-refractivity contribution in [2.75, 3.05) is 0 Å². The Bertz CT molecular complexity index is 973. The number of fused-ring (bicyclic) bond motifs is 2. The highest BCUT2D eigenvalue weighted by Crippen LogP contribution is 2.65. The van der Waals surface area contributed by atoms with Crippen LogP contribution < -0.4 is 0 Å². The first kappa shape index (κ1) is 20.3. The van der Waals surface area contributed by atoms with E-state index in [0.29, 0.717) is 17.3 Å². The first-order chi connectivity index (χ1) is 14.1. The van der Waals surface area contributed by atoms with Gasteiger partial charge in [0.2, 0.25) is 0 Å². The molecule has 5 rings (SSSR count). The molecule has 0 saturated heterocycles. The number of benzene rings is 2. The fourth-order valence-corrected chi connectivity index (χ4v) is 9.78. The fourth-order valence-electron chi connectivity index (χ4n) is 6.38. The van der Waals surface area contributed by atoms with E-state index in [0.717, 1.165) is 0 Å². The second kappa shape index (κ2) is 6.67. The third kappa shape index (κ3) is 2.91. The highest BCUT2D eigenvalue weighted by Gasteiger charge is 2.53. The lowest BCUT2D eigenvalue weighted by Crippen LogP contribution is -2.39. The number of hydrogen-bond acceptors (Lipinski definition) is 0. The van der Waals surface area contributed by atoms with Crippen LogP contribution in [0.4, 0.5) is 0 Å². The molecule has 0 aromatic heterocycles. The van der Waals surface area contributed by atoms with Gasteiger partial charge in [0.05, 0.1) is 16.1 Å². The summed E-state index contributed by atoms with van der Waals surface area (Å²) >= 11 is 0. The van der Waals surface area contributed by atoms with E-state index >= 15 is 0 Å². The molecule has 0 heterocycles. The van der Waals surface area contributed by atoms with E-state index in [1.807, 2.05) is 0 Å². The molecule has 2 heteroatoms. The van der Waals surface area contributed by atoms with Crippen molar-refractivity contribution < 1.29 is 0 Å². The summed E-state index contributed by atoms with van der Waals surface area (Å²) in [5.74, 6) is 1.14. The Kier molecular flexibility index (Phi) is 4.51. The van der Waals surface area contributed by atoms with E-state index < -0.39 is 16.1 Å². The molecule has 30 heavy (non-hydrogen) atoms. The molecule has 3 aliphatic carbocycles. The van der Waals surface area contributed by atoms with E-state index in [-0.39, 0.29) is 0 Å².